The third-order valence-corrected chi connectivity index (χ3v) is 2.09. The van der Waals surface area contributed by atoms with Crippen molar-refractivity contribution in [2.75, 3.05) is 6.44 Å². The summed E-state index contributed by atoms with van der Waals surface area (Å²) in [6, 6.07) is -0.353. The van der Waals surface area contributed by atoms with Gasteiger partial charge in [-0.25, -0.2) is 0 Å². The van der Waals surface area contributed by atoms with Gasteiger partial charge in [0.25, 0.3) is 0 Å². The number of aliphatic hydroxyl groups excluding tert-OH is 1. The molecule has 0 heterocycles. The van der Waals surface area contributed by atoms with Crippen LogP contribution in [-0.4, -0.2) is 30.7 Å². The van der Waals surface area contributed by atoms with E-state index >= 15 is 0 Å². The fraction of sp³-hybridized carbons (Fsp3) is 1.00. The van der Waals surface area contributed by atoms with Crippen molar-refractivity contribution < 1.29 is 69.4 Å². The van der Waals surface area contributed by atoms with E-state index in [2.05, 4.69) is 5.32 Å². The summed E-state index contributed by atoms with van der Waals surface area (Å²) in [7, 11) is 0. The van der Waals surface area contributed by atoms with Crippen molar-refractivity contribution in [3.05, 3.63) is 0 Å². The van der Waals surface area contributed by atoms with Crippen LogP contribution in [0.2, 0.25) is 0 Å². The second-order valence-corrected chi connectivity index (χ2v) is 3.22. The second-order valence-electron chi connectivity index (χ2n) is 3.22. The van der Waals surface area contributed by atoms with Crippen LogP contribution < -0.4 is 56.7 Å². The molecule has 0 saturated heterocycles. The molecule has 0 amide bonds. The van der Waals surface area contributed by atoms with Gasteiger partial charge in [-0.2, -0.15) is 0 Å². The first-order valence-corrected chi connectivity index (χ1v) is 4.11. The number of nitrogens with one attached hydrogen (secondary N) is 1. The first kappa shape index (κ1) is 14.4. The molecular weight excluding hydrogens is 209 g/mol. The molecule has 1 fully saturated rings. The van der Waals surface area contributed by atoms with Crippen molar-refractivity contribution in [1.29, 1.82) is 0 Å². The Labute approximate surface area is 118 Å². The molecule has 1 aliphatic rings. The average Bonchev–Trinajstić information content (AvgIpc) is 2.29. The molecule has 0 bridgehead atoms. The molecule has 0 spiro atoms. The monoisotopic (exact) mass is 221 g/mol. The van der Waals surface area contributed by atoms with Gasteiger partial charge in [0.1, 0.15) is 0 Å². The van der Waals surface area contributed by atoms with Crippen molar-refractivity contribution in [2.24, 2.45) is 0 Å². The van der Waals surface area contributed by atoms with Crippen LogP contribution in [-0.2, 0) is 0 Å². The molecule has 7 heteroatoms. The van der Waals surface area contributed by atoms with E-state index in [9.17, 15) is 12.9 Å². The van der Waals surface area contributed by atoms with Crippen molar-refractivity contribution in [3.8, 4) is 0 Å². The van der Waals surface area contributed by atoms with Gasteiger partial charge in [-0.3, -0.25) is 0 Å². The molecule has 0 aromatic heterocycles. The Balaban J connectivity index is 0.00000144. The standard InChI is InChI=1S/C6H12BF3NO.K/c8-7(9,10)4-11-5-2-1-3-6(5)12;/h5-6,11-12H,1-4H2;/q-1;+1. The smallest absolute Gasteiger partial charge is 0.448 e. The van der Waals surface area contributed by atoms with Gasteiger partial charge in [0.2, 0.25) is 0 Å². The van der Waals surface area contributed by atoms with Crippen LogP contribution in [0.1, 0.15) is 19.3 Å². The third-order valence-electron chi connectivity index (χ3n) is 2.09. The summed E-state index contributed by atoms with van der Waals surface area (Å²) < 4.78 is 35.3. The summed E-state index contributed by atoms with van der Waals surface area (Å²) >= 11 is 0. The van der Waals surface area contributed by atoms with Crippen molar-refractivity contribution in [1.82, 2.24) is 5.32 Å². The normalized spacial score (nSPS) is 28.6. The summed E-state index contributed by atoms with van der Waals surface area (Å²) in [4.78, 5) is 0. The second kappa shape index (κ2) is 6.09. The van der Waals surface area contributed by atoms with Crippen molar-refractivity contribution >= 4 is 6.98 Å². The molecule has 2 atom stereocenters. The van der Waals surface area contributed by atoms with Crippen LogP contribution in [0.4, 0.5) is 12.9 Å². The molecule has 1 aliphatic carbocycles. The maximum Gasteiger partial charge on any atom is 1.00 e. The Hall–Kier alpha value is 1.41. The third kappa shape index (κ3) is 5.76. The summed E-state index contributed by atoms with van der Waals surface area (Å²) in [5, 5.41) is 11.5. The number of halogens is 3. The summed E-state index contributed by atoms with van der Waals surface area (Å²) in [5.74, 6) is 0. The maximum atomic E-state index is 11.8. The minimum absolute atomic E-state index is 0. The van der Waals surface area contributed by atoms with Crippen LogP contribution >= 0.6 is 0 Å². The average molecular weight is 221 g/mol. The van der Waals surface area contributed by atoms with E-state index < -0.39 is 19.5 Å². The Kier molecular flexibility index (Phi) is 6.76. The Morgan fingerprint density at radius 3 is 2.31 bits per heavy atom. The number of rotatable bonds is 3. The molecule has 1 rings (SSSR count). The maximum absolute atomic E-state index is 11.8. The SMILES string of the molecule is OC1CCCC1NC[B-](F)(F)F.[K+]. The van der Waals surface area contributed by atoms with Gasteiger partial charge < -0.3 is 23.4 Å². The summed E-state index contributed by atoms with van der Waals surface area (Å²) in [6.07, 6.45) is 0.532. The summed E-state index contributed by atoms with van der Waals surface area (Å²) in [6.45, 7) is -4.76. The zero-order valence-electron chi connectivity index (χ0n) is 7.64. The van der Waals surface area contributed by atoms with Gasteiger partial charge >= 0.3 is 58.4 Å². The molecule has 2 nitrogen and oxygen atoms in total. The van der Waals surface area contributed by atoms with Crippen molar-refractivity contribution in [2.45, 2.75) is 31.4 Å². The summed E-state index contributed by atoms with van der Waals surface area (Å²) in [5.41, 5.74) is 0. The predicted molar refractivity (Wildman–Crippen MR) is 40.7 cm³/mol. The van der Waals surface area contributed by atoms with E-state index in [-0.39, 0.29) is 57.4 Å². The van der Waals surface area contributed by atoms with E-state index in [0.717, 1.165) is 6.42 Å². The van der Waals surface area contributed by atoms with Crippen LogP contribution in [0, 0.1) is 0 Å². The fourth-order valence-corrected chi connectivity index (χ4v) is 1.46. The van der Waals surface area contributed by atoms with Crippen LogP contribution in [0.5, 0.6) is 0 Å². The molecule has 2 N–H and O–H groups in total. The van der Waals surface area contributed by atoms with Crippen LogP contribution in [0.25, 0.3) is 0 Å². The van der Waals surface area contributed by atoms with Gasteiger partial charge in [0, 0.05) is 6.04 Å². The zero-order valence-corrected chi connectivity index (χ0v) is 10.8. The molecule has 0 radical (unpaired) electrons. The van der Waals surface area contributed by atoms with Gasteiger partial charge in [-0.15, -0.1) is 0 Å². The quantitative estimate of drug-likeness (QED) is 0.534. The molecule has 13 heavy (non-hydrogen) atoms. The topological polar surface area (TPSA) is 32.3 Å². The van der Waals surface area contributed by atoms with E-state index in [1.54, 1.807) is 0 Å². The van der Waals surface area contributed by atoms with Crippen LogP contribution in [0.15, 0.2) is 0 Å². The molecule has 72 valence electrons. The minimum Gasteiger partial charge on any atom is -0.448 e. The molecule has 2 unspecified atom stereocenters. The molecule has 0 aromatic carbocycles. The Bertz CT molecular complexity index is 157. The Morgan fingerprint density at radius 2 is 1.92 bits per heavy atom. The number of hydrogen-bond donors (Lipinski definition) is 2. The van der Waals surface area contributed by atoms with E-state index in [1.165, 1.54) is 0 Å². The van der Waals surface area contributed by atoms with Gasteiger partial charge in [-0.1, -0.05) is 0 Å². The minimum atomic E-state index is -4.76. The largest absolute Gasteiger partial charge is 1.00 e. The van der Waals surface area contributed by atoms with E-state index in [0.29, 0.717) is 12.8 Å². The first-order chi connectivity index (χ1) is 5.49. The Morgan fingerprint density at radius 1 is 1.31 bits per heavy atom. The molecule has 0 aromatic rings. The zero-order chi connectivity index (χ0) is 9.19. The first-order valence-electron chi connectivity index (χ1n) is 4.11. The molecular formula is C6H12BF3KNO. The van der Waals surface area contributed by atoms with Gasteiger partial charge in [-0.05, 0) is 25.7 Å². The molecule has 0 aliphatic heterocycles. The number of hydrogen-bond acceptors (Lipinski definition) is 2. The van der Waals surface area contributed by atoms with Crippen molar-refractivity contribution in [3.63, 3.8) is 0 Å². The van der Waals surface area contributed by atoms with Gasteiger partial charge in [0.05, 0.1) is 6.10 Å². The fourth-order valence-electron chi connectivity index (χ4n) is 1.46. The number of aliphatic hydroxyl groups is 1. The van der Waals surface area contributed by atoms with Crippen LogP contribution in [0.3, 0.4) is 0 Å². The van der Waals surface area contributed by atoms with E-state index in [1.807, 2.05) is 0 Å². The predicted octanol–water partition coefficient (Wildman–Crippen LogP) is -2.12. The van der Waals surface area contributed by atoms with E-state index in [4.69, 9.17) is 5.11 Å². The van der Waals surface area contributed by atoms with Gasteiger partial charge in [0.15, 0.2) is 0 Å². The molecule has 1 saturated carbocycles.